The summed E-state index contributed by atoms with van der Waals surface area (Å²) in [4.78, 5) is 17.6. The number of hydrogen-bond donors (Lipinski definition) is 2. The van der Waals surface area contributed by atoms with Crippen molar-refractivity contribution >= 4 is 16.1 Å². The zero-order valence-electron chi connectivity index (χ0n) is 17.9. The average molecular weight is 482 g/mol. The van der Waals surface area contributed by atoms with Gasteiger partial charge in [0.15, 0.2) is 5.82 Å². The van der Waals surface area contributed by atoms with Crippen LogP contribution < -0.4 is 5.32 Å². The Balaban J connectivity index is 2.25. The fraction of sp³-hybridized carbons (Fsp3) is 0.286. The molecule has 1 amide bonds. The molecular weight excluding hydrogens is 461 g/mol. The van der Waals surface area contributed by atoms with Crippen molar-refractivity contribution in [2.75, 3.05) is 0 Å². The summed E-state index contributed by atoms with van der Waals surface area (Å²) in [6.07, 6.45) is 2.14. The maximum atomic E-state index is 15.6. The van der Waals surface area contributed by atoms with E-state index in [4.69, 9.17) is 5.11 Å². The second-order valence-electron chi connectivity index (χ2n) is 8.37. The molecule has 176 valence electrons. The van der Waals surface area contributed by atoms with Gasteiger partial charge in [-0.3, -0.25) is 4.98 Å². The first-order valence-electron chi connectivity index (χ1n) is 9.68. The highest BCUT2D eigenvalue weighted by atomic mass is 32.2. The molecule has 3 rings (SSSR count). The van der Waals surface area contributed by atoms with Crippen LogP contribution in [0.4, 0.5) is 18.0 Å². The standard InChI is InChI=1S/C21H21F3N4O4S/c1-21(2,3)16(27-20(29)30)7-12-11-28(33(31,32)14-8-13(22)9-25-10-14)18(17(12)23)15-5-4-6-26-19(15)24/h4-6,8-11,16,27H,7H2,1-3H3,(H,29,30). The number of carboxylic acid groups (broad SMARTS) is 1. The fourth-order valence-electron chi connectivity index (χ4n) is 3.23. The first kappa shape index (κ1) is 24.2. The molecule has 3 heterocycles. The number of halogens is 3. The van der Waals surface area contributed by atoms with Crippen LogP contribution in [0.2, 0.25) is 0 Å². The summed E-state index contributed by atoms with van der Waals surface area (Å²) < 4.78 is 70.8. The molecule has 0 saturated carbocycles. The monoisotopic (exact) mass is 482 g/mol. The van der Waals surface area contributed by atoms with E-state index in [0.29, 0.717) is 10.0 Å². The molecular formula is C21H21F3N4O4S. The lowest BCUT2D eigenvalue weighted by atomic mass is 9.83. The molecule has 0 radical (unpaired) electrons. The van der Waals surface area contributed by atoms with E-state index >= 15 is 4.39 Å². The number of nitrogens with one attached hydrogen (secondary N) is 1. The first-order valence-corrected chi connectivity index (χ1v) is 11.1. The van der Waals surface area contributed by atoms with Crippen molar-refractivity contribution in [2.45, 2.75) is 38.1 Å². The maximum absolute atomic E-state index is 15.6. The number of amides is 1. The Kier molecular flexibility index (Phi) is 6.50. The Bertz CT molecular complexity index is 1300. The summed E-state index contributed by atoms with van der Waals surface area (Å²) in [5.74, 6) is -3.13. The van der Waals surface area contributed by atoms with Crippen LogP contribution in [0, 0.1) is 23.0 Å². The molecule has 0 spiro atoms. The van der Waals surface area contributed by atoms with Crippen molar-refractivity contribution in [3.63, 3.8) is 0 Å². The van der Waals surface area contributed by atoms with Crippen LogP contribution in [0.5, 0.6) is 0 Å². The van der Waals surface area contributed by atoms with E-state index in [9.17, 15) is 22.0 Å². The molecule has 0 saturated heterocycles. The predicted molar refractivity (Wildman–Crippen MR) is 112 cm³/mol. The van der Waals surface area contributed by atoms with E-state index in [1.165, 1.54) is 6.07 Å². The molecule has 0 aliphatic carbocycles. The van der Waals surface area contributed by atoms with E-state index in [0.717, 1.165) is 30.9 Å². The van der Waals surface area contributed by atoms with Gasteiger partial charge >= 0.3 is 6.09 Å². The van der Waals surface area contributed by atoms with E-state index in [1.807, 2.05) is 0 Å². The van der Waals surface area contributed by atoms with Crippen LogP contribution in [0.15, 0.2) is 47.9 Å². The normalized spacial score (nSPS) is 13.0. The molecule has 0 fully saturated rings. The molecule has 0 aliphatic heterocycles. The van der Waals surface area contributed by atoms with E-state index in [1.54, 1.807) is 20.8 Å². The molecule has 1 unspecified atom stereocenters. The Morgan fingerprint density at radius 3 is 2.52 bits per heavy atom. The highest BCUT2D eigenvalue weighted by molar-refractivity contribution is 7.90. The van der Waals surface area contributed by atoms with Crippen LogP contribution in [-0.4, -0.2) is 39.6 Å². The topological polar surface area (TPSA) is 114 Å². The van der Waals surface area contributed by atoms with Crippen LogP contribution in [0.1, 0.15) is 26.3 Å². The summed E-state index contributed by atoms with van der Waals surface area (Å²) >= 11 is 0. The van der Waals surface area contributed by atoms with Gasteiger partial charge in [-0.1, -0.05) is 20.8 Å². The van der Waals surface area contributed by atoms with Gasteiger partial charge in [-0.15, -0.1) is 0 Å². The van der Waals surface area contributed by atoms with Crippen molar-refractivity contribution in [1.82, 2.24) is 19.3 Å². The SMILES string of the molecule is CC(C)(C)C(Cc1cn(S(=O)(=O)c2cncc(F)c2)c(-c2cccnc2F)c1F)NC(=O)O. The van der Waals surface area contributed by atoms with Crippen LogP contribution in [0.3, 0.4) is 0 Å². The number of nitrogens with zero attached hydrogens (tertiary/aromatic N) is 3. The predicted octanol–water partition coefficient (Wildman–Crippen LogP) is 3.82. The molecule has 1 atom stereocenters. The smallest absolute Gasteiger partial charge is 0.404 e. The number of rotatable bonds is 6. The van der Waals surface area contributed by atoms with E-state index in [2.05, 4.69) is 15.3 Å². The lowest BCUT2D eigenvalue weighted by Crippen LogP contribution is -2.44. The molecule has 33 heavy (non-hydrogen) atoms. The van der Waals surface area contributed by atoms with Crippen molar-refractivity contribution in [3.8, 4) is 11.3 Å². The molecule has 12 heteroatoms. The van der Waals surface area contributed by atoms with Crippen LogP contribution >= 0.6 is 0 Å². The summed E-state index contributed by atoms with van der Waals surface area (Å²) in [5.41, 5.74) is -1.94. The quantitative estimate of drug-likeness (QED) is 0.517. The Labute approximate surface area is 188 Å². The minimum atomic E-state index is -4.61. The Hall–Kier alpha value is -3.41. The lowest BCUT2D eigenvalue weighted by molar-refractivity contribution is 0.174. The van der Waals surface area contributed by atoms with Crippen LogP contribution in [-0.2, 0) is 16.4 Å². The van der Waals surface area contributed by atoms with Gasteiger partial charge < -0.3 is 10.4 Å². The number of hydrogen-bond acceptors (Lipinski definition) is 5. The maximum Gasteiger partial charge on any atom is 0.404 e. The second kappa shape index (κ2) is 8.85. The highest BCUT2D eigenvalue weighted by Crippen LogP contribution is 2.34. The summed E-state index contributed by atoms with van der Waals surface area (Å²) in [6, 6.07) is 2.34. The van der Waals surface area contributed by atoms with Gasteiger partial charge in [-0.2, -0.15) is 4.39 Å². The van der Waals surface area contributed by atoms with Gasteiger partial charge in [0, 0.05) is 30.2 Å². The number of aromatic nitrogens is 3. The van der Waals surface area contributed by atoms with Gasteiger partial charge in [0.25, 0.3) is 10.0 Å². The third kappa shape index (κ3) is 5.00. The zero-order valence-corrected chi connectivity index (χ0v) is 18.7. The summed E-state index contributed by atoms with van der Waals surface area (Å²) in [7, 11) is -4.61. The fourth-order valence-corrected chi connectivity index (χ4v) is 4.60. The lowest BCUT2D eigenvalue weighted by Gasteiger charge is -2.30. The first-order chi connectivity index (χ1) is 15.3. The minimum absolute atomic E-state index is 0.185. The van der Waals surface area contributed by atoms with Crippen molar-refractivity contribution in [3.05, 3.63) is 66.1 Å². The molecule has 0 bridgehead atoms. The minimum Gasteiger partial charge on any atom is -0.465 e. The number of carbonyl (C=O) groups is 1. The molecule has 3 aromatic heterocycles. The van der Waals surface area contributed by atoms with E-state index < -0.39 is 61.3 Å². The molecule has 0 aromatic carbocycles. The van der Waals surface area contributed by atoms with E-state index in [-0.39, 0.29) is 12.0 Å². The zero-order chi connectivity index (χ0) is 24.6. The molecule has 3 aromatic rings. The van der Waals surface area contributed by atoms with Crippen molar-refractivity contribution in [1.29, 1.82) is 0 Å². The summed E-state index contributed by atoms with van der Waals surface area (Å²) in [5, 5.41) is 11.5. The van der Waals surface area contributed by atoms with Crippen LogP contribution in [0.25, 0.3) is 11.3 Å². The molecule has 8 nitrogen and oxygen atoms in total. The van der Waals surface area contributed by atoms with Gasteiger partial charge in [0.1, 0.15) is 16.4 Å². The van der Waals surface area contributed by atoms with Gasteiger partial charge in [0.05, 0.1) is 11.8 Å². The third-order valence-corrected chi connectivity index (χ3v) is 6.63. The second-order valence-corrected chi connectivity index (χ2v) is 10.2. The van der Waals surface area contributed by atoms with Gasteiger partial charge in [-0.25, -0.2) is 30.9 Å². The Morgan fingerprint density at radius 1 is 1.24 bits per heavy atom. The Morgan fingerprint density at radius 2 is 1.94 bits per heavy atom. The third-order valence-electron chi connectivity index (χ3n) is 5.00. The number of pyridine rings is 2. The largest absolute Gasteiger partial charge is 0.465 e. The molecule has 0 aliphatic rings. The van der Waals surface area contributed by atoms with Gasteiger partial charge in [-0.05, 0) is 30.0 Å². The van der Waals surface area contributed by atoms with Crippen molar-refractivity contribution in [2.24, 2.45) is 5.41 Å². The van der Waals surface area contributed by atoms with Crippen molar-refractivity contribution < 1.29 is 31.5 Å². The van der Waals surface area contributed by atoms with Gasteiger partial charge in [0.2, 0.25) is 5.95 Å². The summed E-state index contributed by atoms with van der Waals surface area (Å²) in [6.45, 7) is 5.16. The highest BCUT2D eigenvalue weighted by Gasteiger charge is 2.33. The average Bonchev–Trinajstić information content (AvgIpc) is 3.04. The molecule has 2 N–H and O–H groups in total.